The van der Waals surface area contributed by atoms with Gasteiger partial charge in [-0.1, -0.05) is 56.3 Å². The van der Waals surface area contributed by atoms with Crippen molar-refractivity contribution in [3.8, 4) is 11.1 Å². The number of carboxylic acid groups (broad SMARTS) is 1. The summed E-state index contributed by atoms with van der Waals surface area (Å²) in [6, 6.07) is 28.0. The molecule has 0 spiro atoms. The predicted molar refractivity (Wildman–Crippen MR) is 141 cm³/mol. The Balaban J connectivity index is 0.000000479. The first-order valence-corrected chi connectivity index (χ1v) is 11.9. The summed E-state index contributed by atoms with van der Waals surface area (Å²) >= 11 is 0. The number of hydrogen-bond donors (Lipinski definition) is 3. The van der Waals surface area contributed by atoms with E-state index >= 15 is 0 Å². The Morgan fingerprint density at radius 3 is 2.11 bits per heavy atom. The Bertz CT molecular complexity index is 1320. The molecule has 3 aromatic carbocycles. The first-order chi connectivity index (χ1) is 17.6. The molecule has 8 heteroatoms. The molecule has 0 aliphatic heterocycles. The lowest BCUT2D eigenvalue weighted by Crippen LogP contribution is -2.21. The fourth-order valence-corrected chi connectivity index (χ4v) is 3.62. The van der Waals surface area contributed by atoms with Crippen LogP contribution in [-0.2, 0) is 17.9 Å². The van der Waals surface area contributed by atoms with Crippen LogP contribution in [0.1, 0.15) is 25.0 Å². The van der Waals surface area contributed by atoms with E-state index in [1.54, 1.807) is 0 Å². The molecule has 4 rings (SSSR count). The van der Waals surface area contributed by atoms with Gasteiger partial charge in [0, 0.05) is 30.4 Å². The summed E-state index contributed by atoms with van der Waals surface area (Å²) in [6.07, 6.45) is -3.25. The molecule has 0 atom stereocenters. The van der Waals surface area contributed by atoms with E-state index in [0.717, 1.165) is 36.2 Å². The fraction of sp³-hybridized carbons (Fsp3) is 0.241. The molecule has 1 aromatic heterocycles. The Morgan fingerprint density at radius 1 is 0.892 bits per heavy atom. The maximum absolute atomic E-state index is 10.6. The van der Waals surface area contributed by atoms with Crippen molar-refractivity contribution in [2.45, 2.75) is 33.1 Å². The van der Waals surface area contributed by atoms with Crippen LogP contribution in [-0.4, -0.2) is 28.8 Å². The molecule has 0 saturated carbocycles. The molecular weight excluding hydrogens is 479 g/mol. The van der Waals surface area contributed by atoms with Crippen LogP contribution in [0.4, 0.5) is 18.9 Å². The lowest BCUT2D eigenvalue weighted by molar-refractivity contribution is -0.192. The van der Waals surface area contributed by atoms with Crippen molar-refractivity contribution in [1.29, 1.82) is 0 Å². The van der Waals surface area contributed by atoms with Crippen LogP contribution in [0.3, 0.4) is 0 Å². The number of fused-ring (bicyclic) bond motifs is 1. The number of alkyl halides is 3. The zero-order valence-corrected chi connectivity index (χ0v) is 20.7. The smallest absolute Gasteiger partial charge is 0.475 e. The minimum Gasteiger partial charge on any atom is -0.475 e. The van der Waals surface area contributed by atoms with Crippen LogP contribution >= 0.6 is 0 Å². The monoisotopic (exact) mass is 509 g/mol. The number of benzene rings is 3. The van der Waals surface area contributed by atoms with Gasteiger partial charge >= 0.3 is 12.1 Å². The van der Waals surface area contributed by atoms with Crippen molar-refractivity contribution in [3.05, 3.63) is 96.2 Å². The summed E-state index contributed by atoms with van der Waals surface area (Å²) in [5, 5.41) is 15.3. The van der Waals surface area contributed by atoms with Gasteiger partial charge < -0.3 is 15.7 Å². The van der Waals surface area contributed by atoms with Crippen LogP contribution in [0, 0.1) is 5.92 Å². The molecule has 4 aromatic rings. The van der Waals surface area contributed by atoms with Crippen LogP contribution in [0.5, 0.6) is 0 Å². The Morgan fingerprint density at radius 2 is 1.51 bits per heavy atom. The second kappa shape index (κ2) is 12.9. The summed E-state index contributed by atoms with van der Waals surface area (Å²) < 4.78 is 31.7. The fourth-order valence-electron chi connectivity index (χ4n) is 3.62. The molecule has 0 saturated heterocycles. The molecule has 3 N–H and O–H groups in total. The van der Waals surface area contributed by atoms with Gasteiger partial charge in [-0.3, -0.25) is 4.98 Å². The summed E-state index contributed by atoms with van der Waals surface area (Å²) in [5.74, 6) is -2.09. The van der Waals surface area contributed by atoms with E-state index < -0.39 is 12.1 Å². The van der Waals surface area contributed by atoms with Crippen molar-refractivity contribution in [1.82, 2.24) is 10.3 Å². The minimum absolute atomic E-state index is 0.663. The second-order valence-electron chi connectivity index (χ2n) is 8.99. The highest BCUT2D eigenvalue weighted by Gasteiger charge is 2.38. The topological polar surface area (TPSA) is 74.2 Å². The van der Waals surface area contributed by atoms with Gasteiger partial charge in [-0.15, -0.1) is 0 Å². The Labute approximate surface area is 214 Å². The molecule has 1 heterocycles. The highest BCUT2D eigenvalue weighted by molar-refractivity contribution is 5.82. The third-order valence-corrected chi connectivity index (χ3v) is 5.41. The average Bonchev–Trinajstić information content (AvgIpc) is 2.87. The maximum atomic E-state index is 10.6. The van der Waals surface area contributed by atoms with Crippen LogP contribution in [0.25, 0.3) is 22.0 Å². The van der Waals surface area contributed by atoms with Crippen molar-refractivity contribution >= 4 is 22.6 Å². The Hall–Kier alpha value is -3.91. The standard InChI is InChI=1S/C27H29N3.C2HF3O2/c1-20(2)17-28-18-21-6-3-8-23(14-21)24-9-4-7-22(15-24)19-30-26-11-12-27-25(16-26)10-5-13-29-27;3-2(4,5)1(6)7/h3-16,20,28,30H,17-19H2,1-2H3;(H,6,7). The summed E-state index contributed by atoms with van der Waals surface area (Å²) in [5.41, 5.74) is 7.23. The van der Waals surface area contributed by atoms with Gasteiger partial charge in [0.2, 0.25) is 0 Å². The third kappa shape index (κ3) is 8.91. The summed E-state index contributed by atoms with van der Waals surface area (Å²) in [7, 11) is 0. The number of nitrogens with one attached hydrogen (secondary N) is 2. The molecule has 0 fully saturated rings. The summed E-state index contributed by atoms with van der Waals surface area (Å²) in [6.45, 7) is 7.20. The molecule has 0 radical (unpaired) electrons. The normalized spacial score (nSPS) is 11.2. The van der Waals surface area contributed by atoms with Crippen molar-refractivity contribution in [2.24, 2.45) is 5.92 Å². The number of hydrogen-bond acceptors (Lipinski definition) is 4. The van der Waals surface area contributed by atoms with Gasteiger partial charge in [0.05, 0.1) is 5.52 Å². The first-order valence-electron chi connectivity index (χ1n) is 11.9. The van der Waals surface area contributed by atoms with E-state index in [1.807, 2.05) is 12.3 Å². The van der Waals surface area contributed by atoms with E-state index in [0.29, 0.717) is 5.92 Å². The second-order valence-corrected chi connectivity index (χ2v) is 8.99. The van der Waals surface area contributed by atoms with E-state index in [1.165, 1.54) is 22.3 Å². The van der Waals surface area contributed by atoms with Crippen molar-refractivity contribution in [2.75, 3.05) is 11.9 Å². The zero-order valence-electron chi connectivity index (χ0n) is 20.7. The number of pyridine rings is 1. The number of anilines is 1. The Kier molecular flexibility index (Phi) is 9.63. The van der Waals surface area contributed by atoms with E-state index in [4.69, 9.17) is 9.90 Å². The van der Waals surface area contributed by atoms with Gasteiger partial charge in [0.25, 0.3) is 0 Å². The number of nitrogens with zero attached hydrogens (tertiary/aromatic N) is 1. The summed E-state index contributed by atoms with van der Waals surface area (Å²) in [4.78, 5) is 13.3. The van der Waals surface area contributed by atoms with Gasteiger partial charge in [-0.05, 0) is 71.1 Å². The van der Waals surface area contributed by atoms with Crippen LogP contribution in [0.15, 0.2) is 85.1 Å². The first kappa shape index (κ1) is 27.7. The number of halogens is 3. The van der Waals surface area contributed by atoms with Gasteiger partial charge in [0.1, 0.15) is 0 Å². The lowest BCUT2D eigenvalue weighted by atomic mass is 10.0. The quantitative estimate of drug-likeness (QED) is 0.241. The van der Waals surface area contributed by atoms with E-state index in [2.05, 4.69) is 102 Å². The molecule has 0 amide bonds. The molecule has 194 valence electrons. The van der Waals surface area contributed by atoms with Gasteiger partial charge in [-0.2, -0.15) is 13.2 Å². The number of carboxylic acids is 1. The molecule has 0 aliphatic carbocycles. The number of rotatable bonds is 8. The maximum Gasteiger partial charge on any atom is 0.490 e. The molecule has 0 aliphatic rings. The van der Waals surface area contributed by atoms with Crippen LogP contribution in [0.2, 0.25) is 0 Å². The third-order valence-electron chi connectivity index (χ3n) is 5.41. The molecular formula is C29H30F3N3O2. The van der Waals surface area contributed by atoms with Crippen molar-refractivity contribution < 1.29 is 23.1 Å². The zero-order chi connectivity index (χ0) is 26.8. The van der Waals surface area contributed by atoms with Gasteiger partial charge in [-0.25, -0.2) is 4.79 Å². The predicted octanol–water partition coefficient (Wildman–Crippen LogP) is 6.89. The van der Waals surface area contributed by atoms with Gasteiger partial charge in [0.15, 0.2) is 0 Å². The average molecular weight is 510 g/mol. The number of aliphatic carboxylic acids is 1. The van der Waals surface area contributed by atoms with E-state index in [-0.39, 0.29) is 0 Å². The van der Waals surface area contributed by atoms with Crippen LogP contribution < -0.4 is 10.6 Å². The highest BCUT2D eigenvalue weighted by atomic mass is 19.4. The molecule has 0 bridgehead atoms. The minimum atomic E-state index is -5.08. The molecule has 0 unspecified atom stereocenters. The highest BCUT2D eigenvalue weighted by Crippen LogP contribution is 2.23. The molecule has 5 nitrogen and oxygen atoms in total. The SMILES string of the molecule is CC(C)CNCc1cccc(-c2cccc(CNc3ccc4ncccc4c3)c2)c1.O=C(O)C(F)(F)F. The largest absolute Gasteiger partial charge is 0.490 e. The van der Waals surface area contributed by atoms with E-state index in [9.17, 15) is 13.2 Å². The molecule has 37 heavy (non-hydrogen) atoms. The lowest BCUT2D eigenvalue weighted by Gasteiger charge is -2.11. The number of carbonyl (C=O) groups is 1. The van der Waals surface area contributed by atoms with Crippen molar-refractivity contribution in [3.63, 3.8) is 0 Å². The number of aromatic nitrogens is 1.